The highest BCUT2D eigenvalue weighted by Gasteiger charge is 2.16. The summed E-state index contributed by atoms with van der Waals surface area (Å²) in [4.78, 5) is 29.9. The van der Waals surface area contributed by atoms with Crippen LogP contribution in [0.5, 0.6) is 11.5 Å². The lowest BCUT2D eigenvalue weighted by atomic mass is 10.1. The number of hydrogen-bond donors (Lipinski definition) is 1. The molecule has 4 aromatic rings. The SMILES string of the molecule is COc1ccc(C(=O)NCC(=O)c2cc(C)cc(-c3csc4c(F)cccc34)n2)cc1OC. The monoisotopic (exact) mass is 464 g/mol. The van der Waals surface area contributed by atoms with Gasteiger partial charge in [-0.05, 0) is 48.9 Å². The van der Waals surface area contributed by atoms with Crippen LogP contribution in [0.2, 0.25) is 0 Å². The van der Waals surface area contributed by atoms with Crippen LogP contribution in [0, 0.1) is 12.7 Å². The Hall–Kier alpha value is -3.78. The highest BCUT2D eigenvalue weighted by molar-refractivity contribution is 7.17. The lowest BCUT2D eigenvalue weighted by Crippen LogP contribution is -2.30. The Balaban J connectivity index is 1.54. The zero-order valence-electron chi connectivity index (χ0n) is 18.3. The summed E-state index contributed by atoms with van der Waals surface area (Å²) < 4.78 is 25.0. The number of carbonyl (C=O) groups excluding carboxylic acids is 2. The molecule has 0 saturated heterocycles. The van der Waals surface area contributed by atoms with Crippen LogP contribution in [0.25, 0.3) is 21.3 Å². The normalized spacial score (nSPS) is 10.8. The molecular formula is C25H21FN2O4S. The van der Waals surface area contributed by atoms with E-state index in [0.717, 1.165) is 16.5 Å². The van der Waals surface area contributed by atoms with Crippen LogP contribution in [-0.4, -0.2) is 37.4 Å². The maximum absolute atomic E-state index is 14.1. The second-order valence-electron chi connectivity index (χ2n) is 7.36. The van der Waals surface area contributed by atoms with Gasteiger partial charge in [0.15, 0.2) is 17.3 Å². The van der Waals surface area contributed by atoms with Gasteiger partial charge < -0.3 is 14.8 Å². The van der Waals surface area contributed by atoms with Crippen LogP contribution in [0.15, 0.2) is 53.9 Å². The van der Waals surface area contributed by atoms with E-state index in [1.54, 1.807) is 30.3 Å². The predicted molar refractivity (Wildman–Crippen MR) is 126 cm³/mol. The number of thiophene rings is 1. The Bertz CT molecular complexity index is 1370. The fraction of sp³-hybridized carbons (Fsp3) is 0.160. The molecule has 0 aliphatic heterocycles. The number of benzene rings is 2. The second kappa shape index (κ2) is 9.38. The van der Waals surface area contributed by atoms with Crippen LogP contribution in [-0.2, 0) is 0 Å². The molecule has 168 valence electrons. The van der Waals surface area contributed by atoms with Crippen molar-refractivity contribution in [2.24, 2.45) is 0 Å². The maximum Gasteiger partial charge on any atom is 0.251 e. The Morgan fingerprint density at radius 2 is 1.85 bits per heavy atom. The summed E-state index contributed by atoms with van der Waals surface area (Å²) in [5.41, 5.74) is 2.76. The van der Waals surface area contributed by atoms with Crippen molar-refractivity contribution in [3.63, 3.8) is 0 Å². The average Bonchev–Trinajstić information content (AvgIpc) is 3.27. The van der Waals surface area contributed by atoms with Crippen LogP contribution < -0.4 is 14.8 Å². The zero-order chi connectivity index (χ0) is 23.5. The molecular weight excluding hydrogens is 443 g/mol. The van der Waals surface area contributed by atoms with Gasteiger partial charge in [-0.2, -0.15) is 0 Å². The van der Waals surface area contributed by atoms with Crippen LogP contribution in [0.4, 0.5) is 4.39 Å². The Kier molecular flexibility index (Phi) is 6.37. The number of rotatable bonds is 7. The Morgan fingerprint density at radius 3 is 2.61 bits per heavy atom. The summed E-state index contributed by atoms with van der Waals surface area (Å²) in [6, 6.07) is 13.2. The molecule has 0 radical (unpaired) electrons. The van der Waals surface area contributed by atoms with E-state index in [1.165, 1.54) is 31.6 Å². The molecule has 1 N–H and O–H groups in total. The highest BCUT2D eigenvalue weighted by Crippen LogP contribution is 2.35. The number of aryl methyl sites for hydroxylation is 1. The molecule has 1 amide bonds. The molecule has 0 unspecified atom stereocenters. The third-order valence-electron chi connectivity index (χ3n) is 5.14. The summed E-state index contributed by atoms with van der Waals surface area (Å²) >= 11 is 1.30. The fourth-order valence-corrected chi connectivity index (χ4v) is 4.47. The number of halogens is 1. The van der Waals surface area contributed by atoms with Crippen LogP contribution in [0.1, 0.15) is 26.4 Å². The van der Waals surface area contributed by atoms with Crippen molar-refractivity contribution in [2.45, 2.75) is 6.92 Å². The van der Waals surface area contributed by atoms with Gasteiger partial charge in [-0.1, -0.05) is 12.1 Å². The molecule has 0 spiro atoms. The third-order valence-corrected chi connectivity index (χ3v) is 6.14. The van der Waals surface area contributed by atoms with Crippen molar-refractivity contribution in [1.29, 1.82) is 0 Å². The number of hydrogen-bond acceptors (Lipinski definition) is 6. The molecule has 0 aliphatic carbocycles. The minimum Gasteiger partial charge on any atom is -0.493 e. The van der Waals surface area contributed by atoms with E-state index < -0.39 is 5.91 Å². The fourth-order valence-electron chi connectivity index (χ4n) is 3.50. The summed E-state index contributed by atoms with van der Waals surface area (Å²) in [5, 5.41) is 5.21. The number of aromatic nitrogens is 1. The molecule has 2 aromatic heterocycles. The van der Waals surface area contributed by atoms with Gasteiger partial charge in [-0.15, -0.1) is 11.3 Å². The first kappa shape index (κ1) is 22.4. The van der Waals surface area contributed by atoms with E-state index in [2.05, 4.69) is 10.3 Å². The van der Waals surface area contributed by atoms with Gasteiger partial charge in [0.25, 0.3) is 5.91 Å². The standard InChI is InChI=1S/C25H21FN2O4S/c1-14-9-19(17-13-33-24-16(17)5-4-6-18(24)26)28-20(10-14)21(29)12-27-25(30)15-7-8-22(31-2)23(11-15)32-3/h4-11,13H,12H2,1-3H3,(H,27,30). The number of methoxy groups -OCH3 is 2. The minimum absolute atomic E-state index is 0.220. The van der Waals surface area contributed by atoms with Crippen LogP contribution >= 0.6 is 11.3 Å². The van der Waals surface area contributed by atoms with Gasteiger partial charge in [-0.25, -0.2) is 9.37 Å². The van der Waals surface area contributed by atoms with Crippen molar-refractivity contribution >= 4 is 33.1 Å². The van der Waals surface area contributed by atoms with E-state index in [1.807, 2.05) is 24.4 Å². The van der Waals surface area contributed by atoms with Crippen LogP contribution in [0.3, 0.4) is 0 Å². The molecule has 0 saturated carbocycles. The molecule has 4 rings (SSSR count). The first-order valence-electron chi connectivity index (χ1n) is 10.1. The zero-order valence-corrected chi connectivity index (χ0v) is 19.1. The summed E-state index contributed by atoms with van der Waals surface area (Å²) in [6.07, 6.45) is 0. The number of carbonyl (C=O) groups is 2. The largest absolute Gasteiger partial charge is 0.493 e. The van der Waals surface area contributed by atoms with Gasteiger partial charge in [0.1, 0.15) is 11.5 Å². The van der Waals surface area contributed by atoms with E-state index in [0.29, 0.717) is 27.5 Å². The summed E-state index contributed by atoms with van der Waals surface area (Å²) in [7, 11) is 2.99. The Labute approximate surface area is 194 Å². The van der Waals surface area contributed by atoms with Gasteiger partial charge in [0.2, 0.25) is 0 Å². The molecule has 33 heavy (non-hydrogen) atoms. The molecule has 2 aromatic carbocycles. The number of ketones is 1. The van der Waals surface area contributed by atoms with E-state index in [-0.39, 0.29) is 23.8 Å². The molecule has 0 atom stereocenters. The number of Topliss-reactive ketones (excluding diaryl/α,β-unsaturated/α-hetero) is 1. The van der Waals surface area contributed by atoms with Gasteiger partial charge in [0, 0.05) is 21.9 Å². The molecule has 2 heterocycles. The smallest absolute Gasteiger partial charge is 0.251 e. The first-order chi connectivity index (χ1) is 15.9. The number of fused-ring (bicyclic) bond motifs is 1. The third kappa shape index (κ3) is 4.56. The number of ether oxygens (including phenoxy) is 2. The summed E-state index contributed by atoms with van der Waals surface area (Å²) in [5.74, 6) is -0.120. The van der Waals surface area contributed by atoms with Crippen molar-refractivity contribution in [2.75, 3.05) is 20.8 Å². The van der Waals surface area contributed by atoms with E-state index in [9.17, 15) is 14.0 Å². The van der Waals surface area contributed by atoms with Crippen molar-refractivity contribution < 1.29 is 23.5 Å². The summed E-state index contributed by atoms with van der Waals surface area (Å²) in [6.45, 7) is 1.64. The Morgan fingerprint density at radius 1 is 1.06 bits per heavy atom. The van der Waals surface area contributed by atoms with E-state index in [4.69, 9.17) is 9.47 Å². The number of nitrogens with zero attached hydrogens (tertiary/aromatic N) is 1. The van der Waals surface area contributed by atoms with Crippen molar-refractivity contribution in [3.8, 4) is 22.8 Å². The van der Waals surface area contributed by atoms with E-state index >= 15 is 0 Å². The van der Waals surface area contributed by atoms with Gasteiger partial charge >= 0.3 is 0 Å². The molecule has 0 fully saturated rings. The number of pyridine rings is 1. The molecule has 6 nitrogen and oxygen atoms in total. The quantitative estimate of drug-likeness (QED) is 0.388. The molecule has 0 bridgehead atoms. The lowest BCUT2D eigenvalue weighted by molar-refractivity contribution is 0.0902. The molecule has 0 aliphatic rings. The highest BCUT2D eigenvalue weighted by atomic mass is 32.1. The topological polar surface area (TPSA) is 77.5 Å². The van der Waals surface area contributed by atoms with Gasteiger partial charge in [-0.3, -0.25) is 9.59 Å². The van der Waals surface area contributed by atoms with Gasteiger partial charge in [0.05, 0.1) is 31.2 Å². The van der Waals surface area contributed by atoms with Crippen molar-refractivity contribution in [3.05, 3.63) is 76.5 Å². The predicted octanol–water partition coefficient (Wildman–Crippen LogP) is 5.04. The minimum atomic E-state index is -0.420. The first-order valence-corrected chi connectivity index (χ1v) is 11.0. The second-order valence-corrected chi connectivity index (χ2v) is 8.24. The van der Waals surface area contributed by atoms with Crippen molar-refractivity contribution in [1.82, 2.24) is 10.3 Å². The molecule has 8 heteroatoms. The maximum atomic E-state index is 14.1. The number of amides is 1. The average molecular weight is 465 g/mol. The lowest BCUT2D eigenvalue weighted by Gasteiger charge is -2.10. The number of nitrogens with one attached hydrogen (secondary N) is 1.